The quantitative estimate of drug-likeness (QED) is 0.736. The molecule has 1 atom stereocenters. The lowest BCUT2D eigenvalue weighted by Crippen LogP contribution is -2.36. The standard InChI is InChI=1S/C19H24N2O3S3/c1-14(25-2)15-7-6-8-16(13-15)20-19(22)18-17(9-12-26-18)27(23,24)21-10-4-3-5-11-21/h6-9,12-14H,3-5,10-11H2,1-2H3,(H,20,22). The first-order valence-corrected chi connectivity index (χ1v) is 12.6. The molecule has 8 heteroatoms. The molecule has 2 aromatic rings. The minimum absolute atomic E-state index is 0.112. The lowest BCUT2D eigenvalue weighted by Gasteiger charge is -2.25. The van der Waals surface area contributed by atoms with E-state index >= 15 is 0 Å². The van der Waals surface area contributed by atoms with Gasteiger partial charge < -0.3 is 5.32 Å². The van der Waals surface area contributed by atoms with Crippen LogP contribution in [0.2, 0.25) is 0 Å². The van der Waals surface area contributed by atoms with Gasteiger partial charge in [0.2, 0.25) is 10.0 Å². The number of carbonyl (C=O) groups excluding carboxylic acids is 1. The molecule has 1 aliphatic rings. The highest BCUT2D eigenvalue weighted by Crippen LogP contribution is 2.30. The number of nitrogens with zero attached hydrogens (tertiary/aromatic N) is 1. The van der Waals surface area contributed by atoms with Gasteiger partial charge in [-0.15, -0.1) is 11.3 Å². The van der Waals surface area contributed by atoms with Gasteiger partial charge in [0.05, 0.1) is 0 Å². The third-order valence-corrected chi connectivity index (χ3v) is 8.70. The Bertz CT molecular complexity index is 902. The second-order valence-electron chi connectivity index (χ2n) is 6.54. The Morgan fingerprint density at radius 1 is 1.22 bits per heavy atom. The fraction of sp³-hybridized carbons (Fsp3) is 0.421. The van der Waals surface area contributed by atoms with E-state index in [9.17, 15) is 13.2 Å². The minimum Gasteiger partial charge on any atom is -0.321 e. The molecule has 0 bridgehead atoms. The first-order valence-electron chi connectivity index (χ1n) is 8.95. The van der Waals surface area contributed by atoms with Crippen LogP contribution in [0.1, 0.15) is 46.7 Å². The van der Waals surface area contributed by atoms with Crippen molar-refractivity contribution < 1.29 is 13.2 Å². The second-order valence-corrected chi connectivity index (χ2v) is 10.5. The zero-order valence-electron chi connectivity index (χ0n) is 15.5. The van der Waals surface area contributed by atoms with Crippen molar-refractivity contribution >= 4 is 44.7 Å². The van der Waals surface area contributed by atoms with Crippen LogP contribution in [0.5, 0.6) is 0 Å². The van der Waals surface area contributed by atoms with Crippen LogP contribution in [0, 0.1) is 0 Å². The molecule has 1 fully saturated rings. The summed E-state index contributed by atoms with van der Waals surface area (Å²) in [5.41, 5.74) is 1.79. The molecule has 1 aromatic carbocycles. The van der Waals surface area contributed by atoms with Crippen LogP contribution < -0.4 is 5.32 Å². The average Bonchev–Trinajstić information content (AvgIpc) is 3.19. The van der Waals surface area contributed by atoms with Gasteiger partial charge in [-0.2, -0.15) is 16.1 Å². The Morgan fingerprint density at radius 2 is 1.96 bits per heavy atom. The lowest BCUT2D eigenvalue weighted by molar-refractivity contribution is 0.102. The number of hydrogen-bond donors (Lipinski definition) is 1. The molecular weight excluding hydrogens is 400 g/mol. The summed E-state index contributed by atoms with van der Waals surface area (Å²) in [6.45, 7) is 3.15. The van der Waals surface area contributed by atoms with Crippen molar-refractivity contribution in [2.24, 2.45) is 0 Å². The Morgan fingerprint density at radius 3 is 2.67 bits per heavy atom. The molecule has 0 radical (unpaired) electrons. The van der Waals surface area contributed by atoms with Gasteiger partial charge in [-0.3, -0.25) is 4.79 Å². The molecule has 0 spiro atoms. The molecule has 1 amide bonds. The summed E-state index contributed by atoms with van der Waals surface area (Å²) < 4.78 is 27.4. The van der Waals surface area contributed by atoms with Crippen molar-refractivity contribution in [2.45, 2.75) is 36.3 Å². The largest absolute Gasteiger partial charge is 0.321 e. The van der Waals surface area contributed by atoms with E-state index in [0.29, 0.717) is 24.0 Å². The third kappa shape index (κ3) is 4.56. The number of thiophene rings is 1. The van der Waals surface area contributed by atoms with E-state index in [1.807, 2.05) is 30.5 Å². The Labute approximate surface area is 169 Å². The van der Waals surface area contributed by atoms with Crippen molar-refractivity contribution in [2.75, 3.05) is 24.7 Å². The van der Waals surface area contributed by atoms with Gasteiger partial charge in [-0.05, 0) is 55.2 Å². The zero-order chi connectivity index (χ0) is 19.4. The van der Waals surface area contributed by atoms with Crippen LogP contribution in [0.15, 0.2) is 40.6 Å². The van der Waals surface area contributed by atoms with Crippen LogP contribution in [-0.4, -0.2) is 38.0 Å². The monoisotopic (exact) mass is 424 g/mol. The van der Waals surface area contributed by atoms with Crippen molar-refractivity contribution in [3.63, 3.8) is 0 Å². The number of nitrogens with one attached hydrogen (secondary N) is 1. The number of sulfonamides is 1. The van der Waals surface area contributed by atoms with Crippen LogP contribution in [-0.2, 0) is 10.0 Å². The Balaban J connectivity index is 1.82. The maximum Gasteiger partial charge on any atom is 0.267 e. The molecule has 1 aliphatic heterocycles. The van der Waals surface area contributed by atoms with Gasteiger partial charge in [0.25, 0.3) is 5.91 Å². The van der Waals surface area contributed by atoms with Gasteiger partial charge in [0.1, 0.15) is 9.77 Å². The summed E-state index contributed by atoms with van der Waals surface area (Å²) >= 11 is 2.89. The molecule has 2 heterocycles. The molecule has 27 heavy (non-hydrogen) atoms. The Hall–Kier alpha value is -1.35. The first-order chi connectivity index (χ1) is 12.9. The maximum atomic E-state index is 13.0. The number of thioether (sulfide) groups is 1. The van der Waals surface area contributed by atoms with E-state index in [4.69, 9.17) is 0 Å². The van der Waals surface area contributed by atoms with Gasteiger partial charge in [0.15, 0.2) is 0 Å². The van der Waals surface area contributed by atoms with Crippen LogP contribution >= 0.6 is 23.1 Å². The molecule has 146 valence electrons. The predicted molar refractivity (Wildman–Crippen MR) is 113 cm³/mol. The zero-order valence-corrected chi connectivity index (χ0v) is 17.9. The summed E-state index contributed by atoms with van der Waals surface area (Å²) in [6, 6.07) is 9.22. The van der Waals surface area contributed by atoms with Crippen molar-refractivity contribution in [3.05, 3.63) is 46.2 Å². The van der Waals surface area contributed by atoms with Crippen LogP contribution in [0.3, 0.4) is 0 Å². The second kappa shape index (κ2) is 8.77. The van der Waals surface area contributed by atoms with Gasteiger partial charge in [0, 0.05) is 24.0 Å². The summed E-state index contributed by atoms with van der Waals surface area (Å²) in [5.74, 6) is -0.380. The van der Waals surface area contributed by atoms with E-state index in [1.54, 1.807) is 17.1 Å². The van der Waals surface area contributed by atoms with Crippen molar-refractivity contribution in [1.29, 1.82) is 0 Å². The van der Waals surface area contributed by atoms with Crippen molar-refractivity contribution in [3.8, 4) is 0 Å². The summed E-state index contributed by atoms with van der Waals surface area (Å²) in [5, 5.41) is 4.84. The van der Waals surface area contributed by atoms with Gasteiger partial charge in [-0.25, -0.2) is 8.42 Å². The molecule has 5 nitrogen and oxygen atoms in total. The highest BCUT2D eigenvalue weighted by atomic mass is 32.2. The fourth-order valence-corrected chi connectivity index (χ4v) is 6.34. The molecule has 1 saturated heterocycles. The molecule has 3 rings (SSSR count). The normalized spacial score (nSPS) is 16.8. The SMILES string of the molecule is CSC(C)c1cccc(NC(=O)c2sccc2S(=O)(=O)N2CCCCC2)c1. The first kappa shape index (κ1) is 20.4. The maximum absolute atomic E-state index is 13.0. The van der Waals surface area contributed by atoms with E-state index in [-0.39, 0.29) is 15.7 Å². The van der Waals surface area contributed by atoms with Crippen LogP contribution in [0.4, 0.5) is 5.69 Å². The smallest absolute Gasteiger partial charge is 0.267 e. The molecule has 1 aromatic heterocycles. The topological polar surface area (TPSA) is 66.5 Å². The number of hydrogen-bond acceptors (Lipinski definition) is 5. The van der Waals surface area contributed by atoms with Gasteiger partial charge >= 0.3 is 0 Å². The minimum atomic E-state index is -3.63. The highest BCUT2D eigenvalue weighted by molar-refractivity contribution is 7.98. The summed E-state index contributed by atoms with van der Waals surface area (Å²) in [7, 11) is -3.63. The number of piperidine rings is 1. The highest BCUT2D eigenvalue weighted by Gasteiger charge is 2.31. The number of amides is 1. The van der Waals surface area contributed by atoms with E-state index in [2.05, 4.69) is 12.2 Å². The summed E-state index contributed by atoms with van der Waals surface area (Å²) in [6.07, 6.45) is 4.82. The third-order valence-electron chi connectivity index (χ3n) is 4.74. The number of benzene rings is 1. The molecule has 0 saturated carbocycles. The molecule has 1 unspecified atom stereocenters. The molecular formula is C19H24N2O3S3. The van der Waals surface area contributed by atoms with E-state index in [0.717, 1.165) is 36.2 Å². The van der Waals surface area contributed by atoms with Crippen LogP contribution in [0.25, 0.3) is 0 Å². The van der Waals surface area contributed by atoms with E-state index in [1.165, 1.54) is 10.4 Å². The molecule has 1 N–H and O–H groups in total. The lowest BCUT2D eigenvalue weighted by atomic mass is 10.1. The average molecular weight is 425 g/mol. The Kier molecular flexibility index (Phi) is 6.62. The fourth-order valence-electron chi connectivity index (χ4n) is 3.10. The van der Waals surface area contributed by atoms with Crippen molar-refractivity contribution in [1.82, 2.24) is 4.31 Å². The predicted octanol–water partition coefficient (Wildman–Crippen LogP) is 4.60. The summed E-state index contributed by atoms with van der Waals surface area (Å²) in [4.78, 5) is 13.1. The number of rotatable bonds is 6. The molecule has 0 aliphatic carbocycles. The number of carbonyl (C=O) groups is 1. The van der Waals surface area contributed by atoms with E-state index < -0.39 is 10.0 Å². The van der Waals surface area contributed by atoms with Gasteiger partial charge in [-0.1, -0.05) is 18.6 Å². The number of anilines is 1.